The Bertz CT molecular complexity index is 4650. The van der Waals surface area contributed by atoms with Crippen molar-refractivity contribution >= 4 is 43.6 Å². The van der Waals surface area contributed by atoms with Crippen LogP contribution in [0.4, 0.5) is 13.2 Å². The largest absolute Gasteiger partial charge is 0.417 e. The van der Waals surface area contributed by atoms with Crippen molar-refractivity contribution in [1.29, 1.82) is 21.0 Å². The lowest BCUT2D eigenvalue weighted by molar-refractivity contribution is -0.137. The molecule has 7 nitrogen and oxygen atoms in total. The molecule has 0 bridgehead atoms. The van der Waals surface area contributed by atoms with Gasteiger partial charge in [0.15, 0.2) is 0 Å². The predicted octanol–water partition coefficient (Wildman–Crippen LogP) is 17.8. The van der Waals surface area contributed by atoms with E-state index >= 15 is 13.2 Å². The molecule has 0 aliphatic heterocycles. The zero-order valence-corrected chi connectivity index (χ0v) is 42.2. The number of nitrogens with zero attached hydrogens (tertiary/aromatic N) is 7. The molecule has 0 saturated heterocycles. The second-order valence-electron chi connectivity index (χ2n) is 19.5. The van der Waals surface area contributed by atoms with Crippen LogP contribution in [0, 0.1) is 45.3 Å². The fourth-order valence-electron chi connectivity index (χ4n) is 11.1. The molecule has 0 N–H and O–H groups in total. The van der Waals surface area contributed by atoms with Crippen molar-refractivity contribution < 1.29 is 13.2 Å². The maximum Gasteiger partial charge on any atom is 0.417 e. The molecule has 3 heterocycles. The molecule has 0 spiro atoms. The fourth-order valence-corrected chi connectivity index (χ4v) is 11.1. The smallest absolute Gasteiger partial charge is 0.307 e. The van der Waals surface area contributed by atoms with Crippen LogP contribution in [-0.4, -0.2) is 14.1 Å². The second kappa shape index (κ2) is 19.4. The first-order valence-electron chi connectivity index (χ1n) is 25.5. The van der Waals surface area contributed by atoms with E-state index in [2.05, 4.69) is 24.3 Å². The van der Waals surface area contributed by atoms with Crippen LogP contribution in [0.15, 0.2) is 231 Å². The third-order valence-electron chi connectivity index (χ3n) is 14.8. The van der Waals surface area contributed by atoms with Gasteiger partial charge < -0.3 is 9.13 Å². The minimum atomic E-state index is -4.91. The van der Waals surface area contributed by atoms with Gasteiger partial charge in [-0.25, -0.2) is 4.98 Å². The van der Waals surface area contributed by atoms with Gasteiger partial charge in [-0.05, 0) is 142 Å². The molecule has 0 radical (unpaired) electrons. The Balaban J connectivity index is 1.21. The van der Waals surface area contributed by atoms with E-state index in [4.69, 9.17) is 4.98 Å². The van der Waals surface area contributed by atoms with Gasteiger partial charge in [-0.1, -0.05) is 133 Å². The Labute approximate surface area is 457 Å². The first-order chi connectivity index (χ1) is 39.1. The van der Waals surface area contributed by atoms with Crippen LogP contribution in [0.25, 0.3) is 122 Å². The van der Waals surface area contributed by atoms with E-state index in [-0.39, 0.29) is 16.9 Å². The third kappa shape index (κ3) is 8.44. The van der Waals surface area contributed by atoms with Gasteiger partial charge in [-0.2, -0.15) is 34.2 Å². The van der Waals surface area contributed by atoms with Crippen LogP contribution in [0.1, 0.15) is 27.8 Å². The lowest BCUT2D eigenvalue weighted by Gasteiger charge is -2.22. The van der Waals surface area contributed by atoms with Crippen molar-refractivity contribution in [1.82, 2.24) is 14.1 Å². The summed E-state index contributed by atoms with van der Waals surface area (Å²) in [5, 5.41) is 43.1. The van der Waals surface area contributed by atoms with Gasteiger partial charge in [-0.15, -0.1) is 0 Å². The number of aromatic nitrogens is 3. The summed E-state index contributed by atoms with van der Waals surface area (Å²) in [5.41, 5.74) is 11.3. The molecule has 13 aromatic rings. The normalized spacial score (nSPS) is 11.4. The lowest BCUT2D eigenvalue weighted by Crippen LogP contribution is -2.12. The Hall–Kier alpha value is -11.3. The first-order valence-corrected chi connectivity index (χ1v) is 25.5. The summed E-state index contributed by atoms with van der Waals surface area (Å²) in [4.78, 5) is 4.97. The van der Waals surface area contributed by atoms with E-state index < -0.39 is 11.7 Å². The van der Waals surface area contributed by atoms with Crippen LogP contribution >= 0.6 is 0 Å². The van der Waals surface area contributed by atoms with Crippen molar-refractivity contribution in [3.05, 3.63) is 258 Å². The number of alkyl halides is 3. The molecule has 0 fully saturated rings. The van der Waals surface area contributed by atoms with Crippen LogP contribution in [0.5, 0.6) is 0 Å². The van der Waals surface area contributed by atoms with Crippen LogP contribution < -0.4 is 0 Å². The highest BCUT2D eigenvalue weighted by Gasteiger charge is 2.37. The third-order valence-corrected chi connectivity index (χ3v) is 14.8. The molecule has 80 heavy (non-hydrogen) atoms. The molecule has 13 rings (SSSR count). The van der Waals surface area contributed by atoms with E-state index in [0.29, 0.717) is 55.7 Å². The Kier molecular flexibility index (Phi) is 11.7. The van der Waals surface area contributed by atoms with E-state index in [1.807, 2.05) is 161 Å². The molecule has 0 saturated carbocycles. The van der Waals surface area contributed by atoms with Crippen molar-refractivity contribution in [2.24, 2.45) is 0 Å². The first kappa shape index (κ1) is 48.3. The molecule has 0 atom stereocenters. The topological polar surface area (TPSA) is 118 Å². The van der Waals surface area contributed by atoms with Gasteiger partial charge in [0.2, 0.25) is 0 Å². The summed E-state index contributed by atoms with van der Waals surface area (Å²) in [5.74, 6) is 0. The number of benzene rings is 10. The monoisotopic (exact) mass is 1030 g/mol. The maximum absolute atomic E-state index is 16.6. The number of nitriles is 4. The molecule has 3 aromatic heterocycles. The second-order valence-corrected chi connectivity index (χ2v) is 19.5. The fraction of sp³-hybridized carbons (Fsp3) is 0.0143. The standard InChI is InChI=1S/C70H38F3N7/c71-70(72,73)61-38-69(80-66-35-54(50-17-6-11-45(31-50)41-76)23-27-58(66)59-28-24-55(36-67(59)80)51-18-7-12-46(32-51)42-77)68(37-60(61)63-20-8-19-62(78-63)47-13-2-1-3-14-47)79-64-33-52(48-15-4-9-43(29-48)39-74)21-25-56(64)57-26-22-53(34-65(57)79)49-16-5-10-44(30-49)40-75/h1-38H. The number of hydrogen-bond acceptors (Lipinski definition) is 5. The molecule has 374 valence electrons. The number of rotatable bonds is 8. The SMILES string of the molecule is N#Cc1cccc(-c2ccc3c4ccc(-c5cccc(C#N)c5)cc4n(-c4cc(-c5cccc(-c6ccccc6)n5)c(C(F)(F)F)cc4-n4c5cc(-c6cccc(C#N)c6)ccc5c5ccc(-c6cccc(C#N)c6)cc54)c3c2)c1. The van der Waals surface area contributed by atoms with Gasteiger partial charge in [0, 0.05) is 32.7 Å². The molecule has 0 unspecified atom stereocenters. The minimum Gasteiger partial charge on any atom is -0.307 e. The Morgan fingerprint density at radius 3 is 1.00 bits per heavy atom. The number of hydrogen-bond donors (Lipinski definition) is 0. The minimum absolute atomic E-state index is 0.108. The summed E-state index contributed by atoms with van der Waals surface area (Å²) in [6, 6.07) is 79.2. The van der Waals surface area contributed by atoms with Gasteiger partial charge in [0.25, 0.3) is 0 Å². The molecule has 0 aliphatic carbocycles. The Morgan fingerprint density at radius 1 is 0.312 bits per heavy atom. The van der Waals surface area contributed by atoms with Crippen LogP contribution in [0.2, 0.25) is 0 Å². The lowest BCUT2D eigenvalue weighted by atomic mass is 9.99. The van der Waals surface area contributed by atoms with Crippen LogP contribution in [0.3, 0.4) is 0 Å². The Morgan fingerprint density at radius 2 is 0.637 bits per heavy atom. The summed E-state index contributed by atoms with van der Waals surface area (Å²) in [6.45, 7) is 0. The molecule has 0 aliphatic rings. The molecule has 10 aromatic carbocycles. The summed E-state index contributed by atoms with van der Waals surface area (Å²) < 4.78 is 53.6. The predicted molar refractivity (Wildman–Crippen MR) is 309 cm³/mol. The van der Waals surface area contributed by atoms with Crippen molar-refractivity contribution in [2.75, 3.05) is 0 Å². The zero-order chi connectivity index (χ0) is 54.6. The highest BCUT2D eigenvalue weighted by molar-refractivity contribution is 6.14. The molecular weight excluding hydrogens is 996 g/mol. The number of pyridine rings is 1. The molecular formula is C70H38F3N7. The number of halogens is 3. The van der Waals surface area contributed by atoms with Crippen molar-refractivity contribution in [3.8, 4) is 103 Å². The van der Waals surface area contributed by atoms with Crippen LogP contribution in [-0.2, 0) is 6.18 Å². The van der Waals surface area contributed by atoms with E-state index in [1.165, 1.54) is 6.07 Å². The van der Waals surface area contributed by atoms with Gasteiger partial charge in [0.1, 0.15) is 0 Å². The molecule has 0 amide bonds. The van der Waals surface area contributed by atoms with E-state index in [9.17, 15) is 21.0 Å². The zero-order valence-electron chi connectivity index (χ0n) is 42.2. The average Bonchev–Trinajstić information content (AvgIpc) is 3.61. The van der Waals surface area contributed by atoms with E-state index in [1.54, 1.807) is 72.8 Å². The highest BCUT2D eigenvalue weighted by atomic mass is 19.4. The quantitative estimate of drug-likeness (QED) is 0.150. The number of fused-ring (bicyclic) bond motifs is 6. The average molecular weight is 1030 g/mol. The highest BCUT2D eigenvalue weighted by Crippen LogP contribution is 2.47. The van der Waals surface area contributed by atoms with E-state index in [0.717, 1.165) is 71.6 Å². The molecule has 10 heteroatoms. The summed E-state index contributed by atoms with van der Waals surface area (Å²) in [6.07, 6.45) is -4.91. The maximum atomic E-state index is 16.6. The van der Waals surface area contributed by atoms with Crippen molar-refractivity contribution in [2.45, 2.75) is 6.18 Å². The summed E-state index contributed by atoms with van der Waals surface area (Å²) >= 11 is 0. The van der Waals surface area contributed by atoms with Gasteiger partial charge in [0.05, 0.1) is 96.9 Å². The summed E-state index contributed by atoms with van der Waals surface area (Å²) in [7, 11) is 0. The van der Waals surface area contributed by atoms with Crippen molar-refractivity contribution in [3.63, 3.8) is 0 Å². The van der Waals surface area contributed by atoms with Gasteiger partial charge in [-0.3, -0.25) is 0 Å². The van der Waals surface area contributed by atoms with Gasteiger partial charge >= 0.3 is 6.18 Å².